The van der Waals surface area contributed by atoms with Crippen LogP contribution in [0.1, 0.15) is 24.1 Å². The van der Waals surface area contributed by atoms with Crippen molar-refractivity contribution in [1.29, 1.82) is 0 Å². The van der Waals surface area contributed by atoms with Gasteiger partial charge in [-0.15, -0.1) is 0 Å². The van der Waals surface area contributed by atoms with Gasteiger partial charge in [0, 0.05) is 17.3 Å². The van der Waals surface area contributed by atoms with Crippen LogP contribution in [0.5, 0.6) is 11.5 Å². The van der Waals surface area contributed by atoms with Crippen molar-refractivity contribution in [3.8, 4) is 11.5 Å². The van der Waals surface area contributed by atoms with E-state index in [0.29, 0.717) is 6.79 Å². The number of pyridine rings is 1. The molecule has 0 N–H and O–H groups in total. The summed E-state index contributed by atoms with van der Waals surface area (Å²) in [5.41, 5.74) is 2.68. The number of aromatic nitrogens is 1. The summed E-state index contributed by atoms with van der Waals surface area (Å²) in [4.78, 5) is 4.58. The lowest BCUT2D eigenvalue weighted by Crippen LogP contribution is -2.05. The monoisotopic (exact) mass is 227 g/mol. The van der Waals surface area contributed by atoms with Crippen molar-refractivity contribution in [3.05, 3.63) is 29.6 Å². The lowest BCUT2D eigenvalue weighted by Gasteiger charge is -2.16. The van der Waals surface area contributed by atoms with Gasteiger partial charge >= 0.3 is 0 Å². The maximum absolute atomic E-state index is 5.45. The Hall–Kier alpha value is -1.77. The first-order valence-electron chi connectivity index (χ1n) is 6.12. The summed E-state index contributed by atoms with van der Waals surface area (Å²) < 4.78 is 10.9. The number of rotatable bonds is 0. The molecule has 0 spiro atoms. The molecule has 1 aliphatic heterocycles. The second-order valence-electron chi connectivity index (χ2n) is 4.68. The second kappa shape index (κ2) is 3.36. The third kappa shape index (κ3) is 1.32. The summed E-state index contributed by atoms with van der Waals surface area (Å²) in [6.45, 7) is 0.335. The molecule has 2 aromatic rings. The first kappa shape index (κ1) is 9.28. The SMILES string of the molecule is c1nc2c(c3cc4c(cc13)OCO4)CCCC2. The van der Waals surface area contributed by atoms with Crippen molar-refractivity contribution in [1.82, 2.24) is 4.98 Å². The largest absolute Gasteiger partial charge is 0.454 e. The van der Waals surface area contributed by atoms with Crippen LogP contribution >= 0.6 is 0 Å². The molecule has 0 saturated carbocycles. The van der Waals surface area contributed by atoms with E-state index >= 15 is 0 Å². The van der Waals surface area contributed by atoms with Crippen LogP contribution in [0.3, 0.4) is 0 Å². The molecule has 17 heavy (non-hydrogen) atoms. The predicted octanol–water partition coefficient (Wildman–Crippen LogP) is 2.84. The van der Waals surface area contributed by atoms with Crippen LogP contribution in [-0.4, -0.2) is 11.8 Å². The first-order chi connectivity index (χ1) is 8.42. The fourth-order valence-electron chi connectivity index (χ4n) is 2.80. The summed E-state index contributed by atoms with van der Waals surface area (Å²) >= 11 is 0. The zero-order valence-electron chi connectivity index (χ0n) is 9.53. The van der Waals surface area contributed by atoms with Crippen molar-refractivity contribution >= 4 is 10.8 Å². The zero-order chi connectivity index (χ0) is 11.2. The van der Waals surface area contributed by atoms with Crippen LogP contribution in [0.4, 0.5) is 0 Å². The Bertz CT molecular complexity index is 607. The average molecular weight is 227 g/mol. The normalized spacial score (nSPS) is 17.2. The molecular formula is C14H13NO2. The lowest BCUT2D eigenvalue weighted by molar-refractivity contribution is 0.174. The molecule has 1 aliphatic carbocycles. The summed E-state index contributed by atoms with van der Waals surface area (Å²) in [7, 11) is 0. The minimum atomic E-state index is 0.335. The molecule has 0 radical (unpaired) electrons. The van der Waals surface area contributed by atoms with Crippen LogP contribution < -0.4 is 9.47 Å². The van der Waals surface area contributed by atoms with Gasteiger partial charge in [-0.3, -0.25) is 4.98 Å². The molecule has 3 nitrogen and oxygen atoms in total. The predicted molar refractivity (Wildman–Crippen MR) is 64.5 cm³/mol. The van der Waals surface area contributed by atoms with Crippen LogP contribution in [0.15, 0.2) is 18.3 Å². The van der Waals surface area contributed by atoms with E-state index in [2.05, 4.69) is 11.1 Å². The van der Waals surface area contributed by atoms with Gasteiger partial charge in [0.15, 0.2) is 11.5 Å². The van der Waals surface area contributed by atoms with Gasteiger partial charge in [0.05, 0.1) is 0 Å². The quantitative estimate of drug-likeness (QED) is 0.693. The Balaban J connectivity index is 2.03. The van der Waals surface area contributed by atoms with Crippen molar-refractivity contribution in [2.75, 3.05) is 6.79 Å². The number of fused-ring (bicyclic) bond motifs is 4. The lowest BCUT2D eigenvalue weighted by atomic mass is 9.92. The molecule has 3 heteroatoms. The molecule has 86 valence electrons. The summed E-state index contributed by atoms with van der Waals surface area (Å²) in [5.74, 6) is 1.71. The number of ether oxygens (including phenoxy) is 2. The van der Waals surface area contributed by atoms with Crippen LogP contribution in [0, 0.1) is 0 Å². The third-order valence-corrected chi connectivity index (χ3v) is 3.67. The van der Waals surface area contributed by atoms with Gasteiger partial charge in [-0.25, -0.2) is 0 Å². The van der Waals surface area contributed by atoms with Crippen molar-refractivity contribution in [2.24, 2.45) is 0 Å². The van der Waals surface area contributed by atoms with Gasteiger partial charge in [0.1, 0.15) is 0 Å². The van der Waals surface area contributed by atoms with E-state index in [-0.39, 0.29) is 0 Å². The van der Waals surface area contributed by atoms with Crippen molar-refractivity contribution in [2.45, 2.75) is 25.7 Å². The van der Waals surface area contributed by atoms with E-state index in [1.165, 1.54) is 29.5 Å². The highest BCUT2D eigenvalue weighted by Gasteiger charge is 2.18. The van der Waals surface area contributed by atoms with Gasteiger partial charge in [0.25, 0.3) is 0 Å². The number of hydrogen-bond acceptors (Lipinski definition) is 3. The van der Waals surface area contributed by atoms with E-state index in [0.717, 1.165) is 29.7 Å². The molecular weight excluding hydrogens is 214 g/mol. The second-order valence-corrected chi connectivity index (χ2v) is 4.68. The first-order valence-corrected chi connectivity index (χ1v) is 6.12. The fraction of sp³-hybridized carbons (Fsp3) is 0.357. The van der Waals surface area contributed by atoms with Crippen LogP contribution in [-0.2, 0) is 12.8 Å². The average Bonchev–Trinajstić information content (AvgIpc) is 2.83. The third-order valence-electron chi connectivity index (χ3n) is 3.67. The molecule has 0 amide bonds. The van der Waals surface area contributed by atoms with Crippen LogP contribution in [0.25, 0.3) is 10.8 Å². The van der Waals surface area contributed by atoms with Gasteiger partial charge in [-0.2, -0.15) is 0 Å². The molecule has 0 unspecified atom stereocenters. The molecule has 1 aromatic heterocycles. The molecule has 0 fully saturated rings. The minimum absolute atomic E-state index is 0.335. The zero-order valence-corrected chi connectivity index (χ0v) is 9.53. The number of aryl methyl sites for hydroxylation is 2. The molecule has 1 aromatic carbocycles. The van der Waals surface area contributed by atoms with Crippen molar-refractivity contribution in [3.63, 3.8) is 0 Å². The number of benzene rings is 1. The Morgan fingerprint density at radius 2 is 1.82 bits per heavy atom. The highest BCUT2D eigenvalue weighted by Crippen LogP contribution is 2.38. The molecule has 2 heterocycles. The standard InChI is InChI=1S/C14H13NO2/c1-2-4-12-10(3-1)11-6-14-13(16-8-17-14)5-9(11)7-15-12/h5-7H,1-4,8H2. The fourth-order valence-corrected chi connectivity index (χ4v) is 2.80. The van der Waals surface area contributed by atoms with E-state index in [1.54, 1.807) is 0 Å². The molecule has 2 aliphatic rings. The molecule has 0 saturated heterocycles. The van der Waals surface area contributed by atoms with E-state index in [1.807, 2.05) is 12.3 Å². The summed E-state index contributed by atoms with van der Waals surface area (Å²) in [5, 5.41) is 2.45. The number of nitrogens with zero attached hydrogens (tertiary/aromatic N) is 1. The highest BCUT2D eigenvalue weighted by molar-refractivity contribution is 5.89. The summed E-state index contributed by atoms with van der Waals surface area (Å²) in [6, 6.07) is 4.16. The van der Waals surface area contributed by atoms with E-state index < -0.39 is 0 Å². The van der Waals surface area contributed by atoms with E-state index in [4.69, 9.17) is 9.47 Å². The van der Waals surface area contributed by atoms with Crippen molar-refractivity contribution < 1.29 is 9.47 Å². The minimum Gasteiger partial charge on any atom is -0.454 e. The van der Waals surface area contributed by atoms with Gasteiger partial charge in [-0.1, -0.05) is 0 Å². The van der Waals surface area contributed by atoms with Crippen LogP contribution in [0.2, 0.25) is 0 Å². The Morgan fingerprint density at radius 3 is 2.76 bits per heavy atom. The topological polar surface area (TPSA) is 31.4 Å². The Morgan fingerprint density at radius 1 is 1.00 bits per heavy atom. The maximum atomic E-state index is 5.45. The highest BCUT2D eigenvalue weighted by atomic mass is 16.7. The van der Waals surface area contributed by atoms with Gasteiger partial charge in [-0.05, 0) is 48.8 Å². The molecule has 0 atom stereocenters. The molecule has 4 rings (SSSR count). The van der Waals surface area contributed by atoms with Gasteiger partial charge < -0.3 is 9.47 Å². The Labute approximate surface area is 99.4 Å². The smallest absolute Gasteiger partial charge is 0.231 e. The Kier molecular flexibility index (Phi) is 1.83. The van der Waals surface area contributed by atoms with E-state index in [9.17, 15) is 0 Å². The molecule has 0 bridgehead atoms. The number of hydrogen-bond donors (Lipinski definition) is 0. The maximum Gasteiger partial charge on any atom is 0.231 e. The summed E-state index contributed by atoms with van der Waals surface area (Å²) in [6.07, 6.45) is 6.73. The van der Waals surface area contributed by atoms with Gasteiger partial charge in [0.2, 0.25) is 6.79 Å².